The number of carboxylic acids is 1. The Bertz CT molecular complexity index is 939. The molecule has 8 heteroatoms. The molecule has 1 amide bonds. The minimum absolute atomic E-state index is 0.0354. The fraction of sp³-hybridized carbons (Fsp3) is 0.304. The van der Waals surface area contributed by atoms with E-state index < -0.39 is 11.9 Å². The van der Waals surface area contributed by atoms with Crippen LogP contribution in [-0.4, -0.2) is 68.3 Å². The molecule has 3 N–H and O–H groups in total. The molecule has 0 aliphatic carbocycles. The van der Waals surface area contributed by atoms with Gasteiger partial charge in [0.05, 0.1) is 18.4 Å². The first kappa shape index (κ1) is 22.3. The summed E-state index contributed by atoms with van der Waals surface area (Å²) in [6.07, 6.45) is 2.98. The number of benzene rings is 2. The average Bonchev–Trinajstić information content (AvgIpc) is 2.79. The van der Waals surface area contributed by atoms with Gasteiger partial charge in [-0.1, -0.05) is 18.2 Å². The van der Waals surface area contributed by atoms with Gasteiger partial charge >= 0.3 is 5.97 Å². The number of carboxylic acid groups (broad SMARTS) is 1. The number of nitrogens with one attached hydrogen (secondary N) is 2. The molecule has 164 valence electrons. The predicted molar refractivity (Wildman–Crippen MR) is 119 cm³/mol. The number of carbonyl (C=O) groups excluding carboxylic acids is 1. The quantitative estimate of drug-likeness (QED) is 0.530. The lowest BCUT2D eigenvalue weighted by Gasteiger charge is -2.27. The number of hydrogen-bond acceptors (Lipinski definition) is 6. The van der Waals surface area contributed by atoms with Crippen LogP contribution in [-0.2, 0) is 4.79 Å². The minimum atomic E-state index is -1.10. The summed E-state index contributed by atoms with van der Waals surface area (Å²) in [5.74, 6) is -0.296. The van der Waals surface area contributed by atoms with Crippen molar-refractivity contribution in [1.82, 2.24) is 10.2 Å². The number of amides is 1. The number of para-hydroxylation sites is 1. The molecule has 0 radical (unpaired) electrons. The molecule has 0 atom stereocenters. The molecular formula is C23H27N3O5. The Labute approximate surface area is 181 Å². The van der Waals surface area contributed by atoms with Crippen molar-refractivity contribution in [1.29, 1.82) is 0 Å². The normalized spacial score (nSPS) is 14.4. The molecule has 0 spiro atoms. The van der Waals surface area contributed by atoms with E-state index in [1.165, 1.54) is 12.1 Å². The van der Waals surface area contributed by atoms with Gasteiger partial charge < -0.3 is 25.2 Å². The maximum Gasteiger partial charge on any atom is 0.337 e. The molecule has 31 heavy (non-hydrogen) atoms. The van der Waals surface area contributed by atoms with Gasteiger partial charge in [-0.05, 0) is 35.9 Å². The monoisotopic (exact) mass is 425 g/mol. The number of piperazine rings is 1. The van der Waals surface area contributed by atoms with Crippen molar-refractivity contribution >= 4 is 23.6 Å². The topological polar surface area (TPSA) is 100 Å². The Hall–Kier alpha value is -3.36. The summed E-state index contributed by atoms with van der Waals surface area (Å²) in [5, 5.41) is 15.1. The van der Waals surface area contributed by atoms with E-state index in [9.17, 15) is 14.7 Å². The van der Waals surface area contributed by atoms with Crippen molar-refractivity contribution in [2.45, 2.75) is 0 Å². The van der Waals surface area contributed by atoms with Crippen LogP contribution < -0.4 is 20.1 Å². The third-order valence-corrected chi connectivity index (χ3v) is 4.90. The summed E-state index contributed by atoms with van der Waals surface area (Å²) in [6, 6.07) is 11.7. The maximum atomic E-state index is 12.2. The van der Waals surface area contributed by atoms with Gasteiger partial charge in [0.25, 0.3) is 0 Å². The second kappa shape index (κ2) is 11.1. The fourth-order valence-electron chi connectivity index (χ4n) is 3.25. The van der Waals surface area contributed by atoms with E-state index in [1.54, 1.807) is 37.5 Å². The lowest BCUT2D eigenvalue weighted by atomic mass is 10.1. The zero-order valence-corrected chi connectivity index (χ0v) is 17.5. The van der Waals surface area contributed by atoms with Crippen LogP contribution in [0.5, 0.6) is 11.5 Å². The first-order valence-electron chi connectivity index (χ1n) is 10.1. The van der Waals surface area contributed by atoms with Crippen LogP contribution >= 0.6 is 0 Å². The fourth-order valence-corrected chi connectivity index (χ4v) is 3.25. The standard InChI is InChI=1S/C23H27N3O5/c1-30-21-16-17(6-8-20(21)31-15-14-26-12-10-24-11-13-26)7-9-22(27)25-19-5-3-2-4-18(19)23(28)29/h2-9,16,24H,10-15H2,1H3,(H,25,27)(H,28,29)/b9-7+. The Kier molecular flexibility index (Phi) is 8.03. The molecule has 1 aliphatic rings. The van der Waals surface area contributed by atoms with Crippen LogP contribution in [0.1, 0.15) is 15.9 Å². The molecule has 0 aromatic heterocycles. The number of methoxy groups -OCH3 is 1. The maximum absolute atomic E-state index is 12.2. The highest BCUT2D eigenvalue weighted by atomic mass is 16.5. The van der Waals surface area contributed by atoms with Crippen molar-refractivity contribution in [2.75, 3.05) is 51.8 Å². The van der Waals surface area contributed by atoms with Gasteiger partial charge in [-0.25, -0.2) is 4.79 Å². The van der Waals surface area contributed by atoms with Crippen LogP contribution in [0.15, 0.2) is 48.5 Å². The van der Waals surface area contributed by atoms with Crippen molar-refractivity contribution in [3.63, 3.8) is 0 Å². The van der Waals surface area contributed by atoms with Gasteiger partial charge in [-0.15, -0.1) is 0 Å². The highest BCUT2D eigenvalue weighted by Gasteiger charge is 2.12. The summed E-state index contributed by atoms with van der Waals surface area (Å²) in [5.41, 5.74) is 1.04. The first-order valence-corrected chi connectivity index (χ1v) is 10.1. The summed E-state index contributed by atoms with van der Waals surface area (Å²) in [7, 11) is 1.57. The number of ether oxygens (including phenoxy) is 2. The number of nitrogens with zero attached hydrogens (tertiary/aromatic N) is 1. The van der Waals surface area contributed by atoms with E-state index in [0.717, 1.165) is 38.3 Å². The molecule has 2 aromatic carbocycles. The highest BCUT2D eigenvalue weighted by molar-refractivity contribution is 6.06. The Morgan fingerprint density at radius 1 is 1.16 bits per heavy atom. The van der Waals surface area contributed by atoms with E-state index in [-0.39, 0.29) is 11.3 Å². The van der Waals surface area contributed by atoms with Crippen molar-refractivity contribution in [3.8, 4) is 11.5 Å². The second-order valence-electron chi connectivity index (χ2n) is 7.02. The Morgan fingerprint density at radius 3 is 2.68 bits per heavy atom. The van der Waals surface area contributed by atoms with Gasteiger partial charge in [-0.2, -0.15) is 0 Å². The van der Waals surface area contributed by atoms with Gasteiger partial charge in [0.1, 0.15) is 6.61 Å². The SMILES string of the molecule is COc1cc(/C=C/C(=O)Nc2ccccc2C(=O)O)ccc1OCCN1CCNCC1. The van der Waals surface area contributed by atoms with Crippen molar-refractivity contribution < 1.29 is 24.2 Å². The minimum Gasteiger partial charge on any atom is -0.493 e. The van der Waals surface area contributed by atoms with Crippen LogP contribution in [0, 0.1) is 0 Å². The molecule has 1 fully saturated rings. The molecule has 3 rings (SSSR count). The highest BCUT2D eigenvalue weighted by Crippen LogP contribution is 2.28. The van der Waals surface area contributed by atoms with Crippen molar-refractivity contribution in [2.24, 2.45) is 0 Å². The average molecular weight is 425 g/mol. The summed E-state index contributed by atoms with van der Waals surface area (Å²) in [4.78, 5) is 25.8. The van der Waals surface area contributed by atoms with Gasteiger partial charge in [-0.3, -0.25) is 9.69 Å². The molecule has 1 heterocycles. The summed E-state index contributed by atoms with van der Waals surface area (Å²) in [6.45, 7) is 5.45. The molecule has 0 saturated carbocycles. The third kappa shape index (κ3) is 6.56. The lowest BCUT2D eigenvalue weighted by Crippen LogP contribution is -2.44. The van der Waals surface area contributed by atoms with Gasteiger partial charge in [0, 0.05) is 38.8 Å². The number of carbonyl (C=O) groups is 2. The van der Waals surface area contributed by atoms with E-state index in [4.69, 9.17) is 9.47 Å². The molecule has 0 bridgehead atoms. The number of rotatable bonds is 9. The molecule has 1 aliphatic heterocycles. The molecule has 1 saturated heterocycles. The van der Waals surface area contributed by atoms with Crippen LogP contribution in [0.25, 0.3) is 6.08 Å². The van der Waals surface area contributed by atoms with Gasteiger partial charge in [0.2, 0.25) is 5.91 Å². The van der Waals surface area contributed by atoms with E-state index in [1.807, 2.05) is 12.1 Å². The van der Waals surface area contributed by atoms with Crippen LogP contribution in [0.3, 0.4) is 0 Å². The second-order valence-corrected chi connectivity index (χ2v) is 7.02. The number of hydrogen-bond donors (Lipinski definition) is 3. The predicted octanol–water partition coefficient (Wildman–Crippen LogP) is 2.33. The zero-order chi connectivity index (χ0) is 22.1. The van der Waals surface area contributed by atoms with E-state index in [2.05, 4.69) is 15.5 Å². The molecule has 0 unspecified atom stereocenters. The smallest absolute Gasteiger partial charge is 0.337 e. The molecular weight excluding hydrogens is 398 g/mol. The van der Waals surface area contributed by atoms with Crippen molar-refractivity contribution in [3.05, 3.63) is 59.7 Å². The summed E-state index contributed by atoms with van der Waals surface area (Å²) >= 11 is 0. The Morgan fingerprint density at radius 2 is 1.94 bits per heavy atom. The van der Waals surface area contributed by atoms with E-state index in [0.29, 0.717) is 18.1 Å². The third-order valence-electron chi connectivity index (χ3n) is 4.90. The number of anilines is 1. The van der Waals surface area contributed by atoms with Crippen LogP contribution in [0.4, 0.5) is 5.69 Å². The van der Waals surface area contributed by atoms with Gasteiger partial charge in [0.15, 0.2) is 11.5 Å². The largest absolute Gasteiger partial charge is 0.493 e. The molecule has 8 nitrogen and oxygen atoms in total. The first-order chi connectivity index (χ1) is 15.1. The van der Waals surface area contributed by atoms with Crippen LogP contribution in [0.2, 0.25) is 0 Å². The zero-order valence-electron chi connectivity index (χ0n) is 17.5. The molecule has 2 aromatic rings. The summed E-state index contributed by atoms with van der Waals surface area (Å²) < 4.78 is 11.3. The lowest BCUT2D eigenvalue weighted by molar-refractivity contribution is -0.111. The number of aromatic carboxylic acids is 1. The Balaban J connectivity index is 1.58. The van der Waals surface area contributed by atoms with E-state index >= 15 is 0 Å².